The fraction of sp³-hybridized carbons (Fsp3) is 0.0714. The van der Waals surface area contributed by atoms with Gasteiger partial charge in [0.15, 0.2) is 0 Å². The molecule has 0 aliphatic rings. The van der Waals surface area contributed by atoms with Crippen LogP contribution < -0.4 is 10.6 Å². The average Bonchev–Trinajstić information content (AvgIpc) is 2.48. The summed E-state index contributed by atoms with van der Waals surface area (Å²) in [5.74, 6) is -0.697. The molecule has 0 aliphatic heterocycles. The fourth-order valence-corrected chi connectivity index (χ4v) is 1.89. The Morgan fingerprint density at radius 2 is 1.86 bits per heavy atom. The Morgan fingerprint density at radius 3 is 2.48 bits per heavy atom. The van der Waals surface area contributed by atoms with Gasteiger partial charge in [0.2, 0.25) is 5.91 Å². The van der Waals surface area contributed by atoms with Gasteiger partial charge in [-0.05, 0) is 36.4 Å². The van der Waals surface area contributed by atoms with Crippen molar-refractivity contribution in [2.45, 2.75) is 0 Å². The zero-order valence-corrected chi connectivity index (χ0v) is 13.1. The minimum Gasteiger partial charge on any atom is -0.343 e. The van der Waals surface area contributed by atoms with Gasteiger partial charge in [0, 0.05) is 16.4 Å². The predicted molar refractivity (Wildman–Crippen MR) is 84.4 cm³/mol. The Balaban J connectivity index is 1.84. The largest absolute Gasteiger partial charge is 0.343 e. The van der Waals surface area contributed by atoms with E-state index in [1.807, 2.05) is 12.1 Å². The number of anilines is 1. The Kier molecular flexibility index (Phi) is 5.30. The highest BCUT2D eigenvalue weighted by Crippen LogP contribution is 2.13. The number of hydrogen-bond donors (Lipinski definition) is 2. The van der Waals surface area contributed by atoms with E-state index in [-0.39, 0.29) is 18.4 Å². The van der Waals surface area contributed by atoms with Gasteiger partial charge in [-0.3, -0.25) is 9.59 Å². The van der Waals surface area contributed by atoms with E-state index in [0.717, 1.165) is 4.47 Å². The fourth-order valence-electron chi connectivity index (χ4n) is 1.51. The first-order chi connectivity index (χ1) is 10.0. The quantitative estimate of drug-likeness (QED) is 0.815. The number of rotatable bonds is 4. The number of hydrogen-bond acceptors (Lipinski definition) is 3. The van der Waals surface area contributed by atoms with Crippen LogP contribution in [0.2, 0.25) is 5.15 Å². The monoisotopic (exact) mass is 367 g/mol. The van der Waals surface area contributed by atoms with E-state index in [4.69, 9.17) is 11.6 Å². The van der Waals surface area contributed by atoms with Crippen molar-refractivity contribution >= 4 is 45.0 Å². The summed E-state index contributed by atoms with van der Waals surface area (Å²) in [7, 11) is 0. The predicted octanol–water partition coefficient (Wildman–Crippen LogP) is 2.87. The molecule has 1 aromatic heterocycles. The average molecular weight is 369 g/mol. The van der Waals surface area contributed by atoms with E-state index in [9.17, 15) is 9.59 Å². The van der Waals surface area contributed by atoms with Gasteiger partial charge >= 0.3 is 0 Å². The molecule has 2 N–H and O–H groups in total. The lowest BCUT2D eigenvalue weighted by Crippen LogP contribution is -2.32. The van der Waals surface area contributed by atoms with Gasteiger partial charge in [-0.15, -0.1) is 0 Å². The normalized spacial score (nSPS) is 10.0. The molecule has 0 unspecified atom stereocenters. The molecule has 0 aliphatic carbocycles. The number of halogens is 2. The van der Waals surface area contributed by atoms with Crippen molar-refractivity contribution in [3.8, 4) is 0 Å². The van der Waals surface area contributed by atoms with Crippen molar-refractivity contribution < 1.29 is 9.59 Å². The van der Waals surface area contributed by atoms with Gasteiger partial charge in [0.25, 0.3) is 5.91 Å². The first-order valence-electron chi connectivity index (χ1n) is 6.00. The van der Waals surface area contributed by atoms with E-state index in [1.165, 1.54) is 18.3 Å². The van der Waals surface area contributed by atoms with Crippen molar-refractivity contribution in [1.82, 2.24) is 10.3 Å². The third-order valence-electron chi connectivity index (χ3n) is 2.53. The highest BCUT2D eigenvalue weighted by Gasteiger charge is 2.08. The van der Waals surface area contributed by atoms with Crippen LogP contribution in [-0.4, -0.2) is 23.3 Å². The molecule has 2 aromatic rings. The molecule has 0 fully saturated rings. The number of pyridine rings is 1. The molecule has 5 nitrogen and oxygen atoms in total. The zero-order valence-electron chi connectivity index (χ0n) is 10.8. The second-order valence-corrected chi connectivity index (χ2v) is 5.41. The van der Waals surface area contributed by atoms with Gasteiger partial charge in [0.05, 0.1) is 12.1 Å². The molecule has 0 bridgehead atoms. The molecule has 0 spiro atoms. The second-order valence-electron chi connectivity index (χ2n) is 4.11. The van der Waals surface area contributed by atoms with Crippen LogP contribution in [0.15, 0.2) is 47.1 Å². The third-order valence-corrected chi connectivity index (χ3v) is 3.28. The number of aromatic nitrogens is 1. The standard InChI is InChI=1S/C14H11BrClN3O2/c15-10-2-4-11(5-3-10)19-13(20)8-18-14(21)9-1-6-12(16)17-7-9/h1-7H,8H2,(H,18,21)(H,19,20). The molecule has 2 rings (SSSR count). The van der Waals surface area contributed by atoms with Crippen LogP contribution in [0.1, 0.15) is 10.4 Å². The van der Waals surface area contributed by atoms with Gasteiger partial charge < -0.3 is 10.6 Å². The lowest BCUT2D eigenvalue weighted by Gasteiger charge is -2.07. The highest BCUT2D eigenvalue weighted by atomic mass is 79.9. The molecular formula is C14H11BrClN3O2. The first-order valence-corrected chi connectivity index (χ1v) is 7.17. The summed E-state index contributed by atoms with van der Waals surface area (Å²) in [6.07, 6.45) is 1.35. The summed E-state index contributed by atoms with van der Waals surface area (Å²) in [4.78, 5) is 27.3. The zero-order chi connectivity index (χ0) is 15.2. The molecule has 1 heterocycles. The molecular weight excluding hydrogens is 358 g/mol. The Morgan fingerprint density at radius 1 is 1.14 bits per heavy atom. The summed E-state index contributed by atoms with van der Waals surface area (Å²) in [6.45, 7) is -0.127. The van der Waals surface area contributed by atoms with Crippen molar-refractivity contribution in [1.29, 1.82) is 0 Å². The van der Waals surface area contributed by atoms with Gasteiger partial charge in [0.1, 0.15) is 5.15 Å². The van der Waals surface area contributed by atoms with Crippen LogP contribution in [0.25, 0.3) is 0 Å². The number of nitrogens with zero attached hydrogens (tertiary/aromatic N) is 1. The maximum atomic E-state index is 11.8. The number of carbonyl (C=O) groups excluding carboxylic acids is 2. The number of carbonyl (C=O) groups is 2. The van der Waals surface area contributed by atoms with Gasteiger partial charge in [-0.25, -0.2) is 4.98 Å². The van der Waals surface area contributed by atoms with Crippen LogP contribution in [0, 0.1) is 0 Å². The molecule has 108 valence electrons. The molecule has 0 atom stereocenters. The molecule has 1 aromatic carbocycles. The van der Waals surface area contributed by atoms with E-state index in [1.54, 1.807) is 12.1 Å². The smallest absolute Gasteiger partial charge is 0.253 e. The van der Waals surface area contributed by atoms with Crippen LogP contribution in [0.4, 0.5) is 5.69 Å². The molecule has 7 heteroatoms. The molecule has 0 saturated heterocycles. The summed E-state index contributed by atoms with van der Waals surface area (Å²) >= 11 is 8.94. The maximum absolute atomic E-state index is 11.8. The van der Waals surface area contributed by atoms with Crippen molar-refractivity contribution in [3.63, 3.8) is 0 Å². The third kappa shape index (κ3) is 4.84. The number of amides is 2. The lowest BCUT2D eigenvalue weighted by atomic mass is 10.2. The van der Waals surface area contributed by atoms with Crippen molar-refractivity contribution in [3.05, 3.63) is 57.8 Å². The SMILES string of the molecule is O=C(CNC(=O)c1ccc(Cl)nc1)Nc1ccc(Br)cc1. The van der Waals surface area contributed by atoms with Crippen LogP contribution in [0.3, 0.4) is 0 Å². The minimum absolute atomic E-state index is 0.127. The van der Waals surface area contributed by atoms with Crippen LogP contribution in [0.5, 0.6) is 0 Å². The Labute approximate surface area is 134 Å². The van der Waals surface area contributed by atoms with Crippen LogP contribution in [-0.2, 0) is 4.79 Å². The maximum Gasteiger partial charge on any atom is 0.253 e. The molecule has 0 saturated carbocycles. The highest BCUT2D eigenvalue weighted by molar-refractivity contribution is 9.10. The number of nitrogens with one attached hydrogen (secondary N) is 2. The summed E-state index contributed by atoms with van der Waals surface area (Å²) < 4.78 is 0.920. The van der Waals surface area contributed by atoms with Gasteiger partial charge in [-0.1, -0.05) is 27.5 Å². The summed E-state index contributed by atoms with van der Waals surface area (Å²) in [5, 5.41) is 5.49. The summed E-state index contributed by atoms with van der Waals surface area (Å²) in [6, 6.07) is 10.2. The van der Waals surface area contributed by atoms with Crippen molar-refractivity contribution in [2.24, 2.45) is 0 Å². The van der Waals surface area contributed by atoms with E-state index >= 15 is 0 Å². The topological polar surface area (TPSA) is 71.1 Å². The molecule has 2 amide bonds. The molecule has 21 heavy (non-hydrogen) atoms. The summed E-state index contributed by atoms with van der Waals surface area (Å²) in [5.41, 5.74) is 1.00. The lowest BCUT2D eigenvalue weighted by molar-refractivity contribution is -0.115. The number of benzene rings is 1. The Hall–Kier alpha value is -1.92. The van der Waals surface area contributed by atoms with E-state index in [0.29, 0.717) is 16.4 Å². The van der Waals surface area contributed by atoms with E-state index < -0.39 is 0 Å². The van der Waals surface area contributed by atoms with Gasteiger partial charge in [-0.2, -0.15) is 0 Å². The minimum atomic E-state index is -0.384. The molecule has 0 radical (unpaired) electrons. The van der Waals surface area contributed by atoms with Crippen molar-refractivity contribution in [2.75, 3.05) is 11.9 Å². The first kappa shape index (κ1) is 15.5. The van der Waals surface area contributed by atoms with Crippen LogP contribution >= 0.6 is 27.5 Å². The Bertz CT molecular complexity index is 644. The van der Waals surface area contributed by atoms with E-state index in [2.05, 4.69) is 31.5 Å². The second kappa shape index (κ2) is 7.19.